The van der Waals surface area contributed by atoms with Gasteiger partial charge in [0, 0.05) is 11.1 Å². The van der Waals surface area contributed by atoms with E-state index in [1.165, 1.54) is 6.92 Å². The highest BCUT2D eigenvalue weighted by molar-refractivity contribution is 6.09. The fourth-order valence-electron chi connectivity index (χ4n) is 2.43. The topological polar surface area (TPSA) is 80.7 Å². The fraction of sp³-hybridized carbons (Fsp3) is 0.286. The molecule has 0 heterocycles. The van der Waals surface area contributed by atoms with Gasteiger partial charge in [-0.05, 0) is 32.4 Å². The number of ether oxygens (including phenoxy) is 1. The van der Waals surface area contributed by atoms with Crippen LogP contribution in [0.3, 0.4) is 0 Å². The van der Waals surface area contributed by atoms with Gasteiger partial charge in [0.05, 0.1) is 11.8 Å². The molecule has 5 nitrogen and oxygen atoms in total. The van der Waals surface area contributed by atoms with Crippen molar-refractivity contribution in [3.05, 3.63) is 71.3 Å². The van der Waals surface area contributed by atoms with Crippen molar-refractivity contribution in [2.24, 2.45) is 5.92 Å². The summed E-state index contributed by atoms with van der Waals surface area (Å²) in [5.74, 6) is -3.07. The van der Waals surface area contributed by atoms with Crippen LogP contribution in [0.1, 0.15) is 48.2 Å². The number of rotatable bonds is 7. The molecule has 0 saturated carbocycles. The summed E-state index contributed by atoms with van der Waals surface area (Å²) in [6.45, 7) is 4.72. The second-order valence-electron chi connectivity index (χ2n) is 6.31. The van der Waals surface area contributed by atoms with Crippen LogP contribution < -0.4 is 0 Å². The largest absolute Gasteiger partial charge is 0.481 e. The van der Waals surface area contributed by atoms with Crippen molar-refractivity contribution >= 4 is 17.7 Å². The van der Waals surface area contributed by atoms with Crippen LogP contribution in [0.15, 0.2) is 54.6 Å². The Kier molecular flexibility index (Phi) is 6.28. The lowest BCUT2D eigenvalue weighted by Crippen LogP contribution is -2.29. The zero-order valence-electron chi connectivity index (χ0n) is 15.0. The van der Waals surface area contributed by atoms with Gasteiger partial charge < -0.3 is 9.84 Å². The number of carboxylic acids is 1. The Balaban J connectivity index is 2.15. The summed E-state index contributed by atoms with van der Waals surface area (Å²) in [5, 5.41) is 9.00. The van der Waals surface area contributed by atoms with Crippen molar-refractivity contribution in [2.75, 3.05) is 0 Å². The summed E-state index contributed by atoms with van der Waals surface area (Å²) < 4.78 is 5.27. The molecule has 0 spiro atoms. The van der Waals surface area contributed by atoms with Crippen LogP contribution in [0.4, 0.5) is 0 Å². The number of ketones is 1. The molecule has 0 saturated heterocycles. The van der Waals surface area contributed by atoms with Gasteiger partial charge in [0.15, 0.2) is 5.78 Å². The number of carbonyl (C=O) groups is 3. The van der Waals surface area contributed by atoms with Gasteiger partial charge in [-0.2, -0.15) is 0 Å². The van der Waals surface area contributed by atoms with Gasteiger partial charge in [0.2, 0.25) is 0 Å². The van der Waals surface area contributed by atoms with Crippen molar-refractivity contribution in [3.63, 3.8) is 0 Å². The van der Waals surface area contributed by atoms with Gasteiger partial charge in [-0.3, -0.25) is 14.4 Å². The Morgan fingerprint density at radius 2 is 1.50 bits per heavy atom. The first-order valence-corrected chi connectivity index (χ1v) is 8.44. The number of aliphatic carboxylic acids is 1. The molecule has 0 unspecified atom stereocenters. The molecule has 0 aromatic heterocycles. The van der Waals surface area contributed by atoms with Crippen molar-refractivity contribution in [1.29, 1.82) is 0 Å². The SMILES string of the molecule is C[C@H](C(=O)O[C@H](C)[C@H](C)C(=O)O)c1cccc(C(=O)c2ccccc2)c1. The third-order valence-corrected chi connectivity index (χ3v) is 4.43. The van der Waals surface area contributed by atoms with E-state index in [0.29, 0.717) is 16.7 Å². The molecule has 0 aliphatic carbocycles. The molecule has 2 aromatic carbocycles. The van der Waals surface area contributed by atoms with Crippen molar-refractivity contribution in [3.8, 4) is 0 Å². The molecule has 136 valence electrons. The summed E-state index contributed by atoms with van der Waals surface area (Å²) in [4.78, 5) is 35.9. The Morgan fingerprint density at radius 3 is 2.12 bits per heavy atom. The van der Waals surface area contributed by atoms with Crippen LogP contribution in [-0.4, -0.2) is 28.9 Å². The number of benzene rings is 2. The molecule has 0 radical (unpaired) electrons. The number of hydrogen-bond donors (Lipinski definition) is 1. The molecule has 0 fully saturated rings. The summed E-state index contributed by atoms with van der Waals surface area (Å²) in [7, 11) is 0. The summed E-state index contributed by atoms with van der Waals surface area (Å²) in [6.07, 6.45) is -0.739. The van der Waals surface area contributed by atoms with Gasteiger partial charge >= 0.3 is 11.9 Å². The second kappa shape index (κ2) is 8.43. The third-order valence-electron chi connectivity index (χ3n) is 4.43. The lowest BCUT2D eigenvalue weighted by atomic mass is 9.95. The second-order valence-corrected chi connectivity index (χ2v) is 6.31. The van der Waals surface area contributed by atoms with E-state index in [4.69, 9.17) is 9.84 Å². The van der Waals surface area contributed by atoms with E-state index in [0.717, 1.165) is 0 Å². The van der Waals surface area contributed by atoms with Crippen LogP contribution >= 0.6 is 0 Å². The summed E-state index contributed by atoms with van der Waals surface area (Å²) in [5.41, 5.74) is 1.70. The molecule has 26 heavy (non-hydrogen) atoms. The zero-order valence-corrected chi connectivity index (χ0v) is 15.0. The highest BCUT2D eigenvalue weighted by Crippen LogP contribution is 2.21. The molecule has 1 N–H and O–H groups in total. The number of carbonyl (C=O) groups excluding carboxylic acids is 2. The first-order chi connectivity index (χ1) is 12.3. The van der Waals surface area contributed by atoms with E-state index in [-0.39, 0.29) is 5.78 Å². The molecule has 0 aliphatic rings. The molecular weight excluding hydrogens is 332 g/mol. The van der Waals surface area contributed by atoms with Crippen molar-refractivity contribution in [2.45, 2.75) is 32.8 Å². The average molecular weight is 354 g/mol. The lowest BCUT2D eigenvalue weighted by Gasteiger charge is -2.20. The Bertz CT molecular complexity index is 797. The monoisotopic (exact) mass is 354 g/mol. The fourth-order valence-corrected chi connectivity index (χ4v) is 2.43. The van der Waals surface area contributed by atoms with Crippen molar-refractivity contribution < 1.29 is 24.2 Å². The van der Waals surface area contributed by atoms with E-state index in [2.05, 4.69) is 0 Å². The molecule has 2 rings (SSSR count). The number of esters is 1. The maximum Gasteiger partial charge on any atom is 0.313 e. The highest BCUT2D eigenvalue weighted by atomic mass is 16.5. The van der Waals surface area contributed by atoms with Crippen LogP contribution in [0, 0.1) is 5.92 Å². The summed E-state index contributed by atoms with van der Waals surface area (Å²) >= 11 is 0. The Hall–Kier alpha value is -2.95. The van der Waals surface area contributed by atoms with Gasteiger partial charge in [-0.15, -0.1) is 0 Å². The molecule has 0 aliphatic heterocycles. The van der Waals surface area contributed by atoms with Gasteiger partial charge in [0.25, 0.3) is 0 Å². The maximum atomic E-state index is 12.6. The van der Waals surface area contributed by atoms with E-state index in [9.17, 15) is 14.4 Å². The van der Waals surface area contributed by atoms with Crippen LogP contribution in [0.5, 0.6) is 0 Å². The lowest BCUT2D eigenvalue weighted by molar-refractivity contribution is -0.157. The zero-order chi connectivity index (χ0) is 19.3. The van der Waals surface area contributed by atoms with Crippen LogP contribution in [0.25, 0.3) is 0 Å². The molecule has 5 heteroatoms. The minimum Gasteiger partial charge on any atom is -0.481 e. The molecule has 3 atom stereocenters. The standard InChI is InChI=1S/C21H22O5/c1-13(20(23)24)15(3)26-21(25)14(2)17-10-7-11-18(12-17)19(22)16-8-5-4-6-9-16/h4-15H,1-3H3,(H,23,24)/t13-,14-,15+/m0/s1. The molecular formula is C21H22O5. The highest BCUT2D eigenvalue weighted by Gasteiger charge is 2.26. The van der Waals surface area contributed by atoms with E-state index < -0.39 is 29.9 Å². The molecule has 0 amide bonds. The van der Waals surface area contributed by atoms with Crippen molar-refractivity contribution in [1.82, 2.24) is 0 Å². The normalized spacial score (nSPS) is 14.1. The maximum absolute atomic E-state index is 12.6. The van der Waals surface area contributed by atoms with Crippen LogP contribution in [-0.2, 0) is 14.3 Å². The predicted octanol–water partition coefficient (Wildman–Crippen LogP) is 3.67. The molecule has 0 bridgehead atoms. The van der Waals surface area contributed by atoms with E-state index in [1.807, 2.05) is 6.07 Å². The minimum atomic E-state index is -1.02. The van der Waals surface area contributed by atoms with Crippen LogP contribution in [0.2, 0.25) is 0 Å². The van der Waals surface area contributed by atoms with Gasteiger partial charge in [-0.25, -0.2) is 0 Å². The quantitative estimate of drug-likeness (QED) is 0.606. The summed E-state index contributed by atoms with van der Waals surface area (Å²) in [6, 6.07) is 15.7. The first kappa shape index (κ1) is 19.4. The smallest absolute Gasteiger partial charge is 0.313 e. The van der Waals surface area contributed by atoms with E-state index >= 15 is 0 Å². The van der Waals surface area contributed by atoms with E-state index in [1.54, 1.807) is 62.4 Å². The first-order valence-electron chi connectivity index (χ1n) is 8.44. The number of carboxylic acid groups (broad SMARTS) is 1. The van der Waals surface area contributed by atoms with Gasteiger partial charge in [0.1, 0.15) is 6.10 Å². The predicted molar refractivity (Wildman–Crippen MR) is 97.1 cm³/mol. The van der Waals surface area contributed by atoms with Gasteiger partial charge in [-0.1, -0.05) is 48.5 Å². The number of hydrogen-bond acceptors (Lipinski definition) is 4. The Morgan fingerprint density at radius 1 is 0.885 bits per heavy atom. The molecule has 2 aromatic rings. The minimum absolute atomic E-state index is 0.124. The third kappa shape index (κ3) is 4.57. The Labute approximate surface area is 152 Å². The average Bonchev–Trinajstić information content (AvgIpc) is 2.66.